The minimum atomic E-state index is 0. The number of amides is 1. The van der Waals surface area contributed by atoms with Crippen molar-refractivity contribution in [1.82, 2.24) is 10.3 Å². The van der Waals surface area contributed by atoms with E-state index in [1.807, 2.05) is 44.2 Å². The lowest BCUT2D eigenvalue weighted by Gasteiger charge is -2.27. The summed E-state index contributed by atoms with van der Waals surface area (Å²) in [4.78, 5) is 16.8. The molecule has 2 aromatic rings. The molecule has 0 unspecified atom stereocenters. The Kier molecular flexibility index (Phi) is 9.03. The van der Waals surface area contributed by atoms with Crippen molar-refractivity contribution >= 4 is 36.4 Å². The molecule has 1 amide bonds. The molecule has 0 bridgehead atoms. The van der Waals surface area contributed by atoms with Crippen molar-refractivity contribution in [2.75, 3.05) is 11.9 Å². The van der Waals surface area contributed by atoms with E-state index < -0.39 is 0 Å². The molecule has 1 saturated heterocycles. The van der Waals surface area contributed by atoms with Crippen LogP contribution in [0.5, 0.6) is 11.6 Å². The number of nitrogens with one attached hydrogen (secondary N) is 2. The summed E-state index contributed by atoms with van der Waals surface area (Å²) in [7, 11) is 0. The third-order valence-corrected chi connectivity index (χ3v) is 4.56. The number of rotatable bonds is 4. The predicted molar refractivity (Wildman–Crippen MR) is 114 cm³/mol. The fourth-order valence-corrected chi connectivity index (χ4v) is 3.08. The Morgan fingerprint density at radius 1 is 1.22 bits per heavy atom. The van der Waals surface area contributed by atoms with Crippen LogP contribution in [0.3, 0.4) is 0 Å². The van der Waals surface area contributed by atoms with Gasteiger partial charge in [-0.3, -0.25) is 4.79 Å². The van der Waals surface area contributed by atoms with Gasteiger partial charge in [-0.25, -0.2) is 4.98 Å². The minimum Gasteiger partial charge on any atom is -0.439 e. The Bertz CT molecular complexity index is 771. The van der Waals surface area contributed by atoms with Gasteiger partial charge in [0.1, 0.15) is 5.75 Å². The molecular weight excluding hydrogens is 385 g/mol. The van der Waals surface area contributed by atoms with Crippen molar-refractivity contribution in [3.05, 3.63) is 47.7 Å². The molecule has 0 radical (unpaired) electrons. The summed E-state index contributed by atoms with van der Waals surface area (Å²) in [5.74, 6) is 1.39. The number of pyridine rings is 1. The van der Waals surface area contributed by atoms with Gasteiger partial charge in [0, 0.05) is 36.0 Å². The summed E-state index contributed by atoms with van der Waals surface area (Å²) in [5.41, 5.74) is 2.84. The quantitative estimate of drug-likeness (QED) is 0.767. The van der Waals surface area contributed by atoms with Crippen molar-refractivity contribution in [3.8, 4) is 11.6 Å². The van der Waals surface area contributed by atoms with Crippen molar-refractivity contribution in [2.45, 2.75) is 39.7 Å². The number of hydrogen-bond acceptors (Lipinski definition) is 4. The van der Waals surface area contributed by atoms with E-state index >= 15 is 0 Å². The number of nitrogens with zero attached hydrogens (tertiary/aromatic N) is 1. The van der Waals surface area contributed by atoms with Crippen molar-refractivity contribution < 1.29 is 9.53 Å². The molecule has 1 fully saturated rings. The first-order chi connectivity index (χ1) is 12.0. The maximum Gasteiger partial charge on any atom is 0.227 e. The molecule has 2 heterocycles. The lowest BCUT2D eigenvalue weighted by molar-refractivity contribution is -0.120. The average molecular weight is 412 g/mol. The Hall–Kier alpha value is -1.82. The van der Waals surface area contributed by atoms with Crippen LogP contribution in [0.15, 0.2) is 36.5 Å². The first-order valence-electron chi connectivity index (χ1n) is 8.76. The van der Waals surface area contributed by atoms with Gasteiger partial charge in [-0.05, 0) is 63.4 Å². The molecular formula is C20H27Cl2N3O2. The molecule has 0 spiro atoms. The third kappa shape index (κ3) is 6.38. The number of carbonyl (C=O) groups excluding carboxylic acids is 1. The van der Waals surface area contributed by atoms with Crippen LogP contribution in [0, 0.1) is 19.8 Å². The second kappa shape index (κ2) is 10.5. The van der Waals surface area contributed by atoms with Gasteiger partial charge in [0.15, 0.2) is 0 Å². The molecule has 0 aliphatic carbocycles. The van der Waals surface area contributed by atoms with Gasteiger partial charge in [0.2, 0.25) is 11.8 Å². The van der Waals surface area contributed by atoms with Crippen molar-refractivity contribution in [1.29, 1.82) is 0 Å². The first kappa shape index (κ1) is 23.2. The molecule has 1 aromatic heterocycles. The molecule has 5 nitrogen and oxygen atoms in total. The van der Waals surface area contributed by atoms with Crippen molar-refractivity contribution in [3.63, 3.8) is 0 Å². The largest absolute Gasteiger partial charge is 0.439 e. The van der Waals surface area contributed by atoms with E-state index in [2.05, 4.69) is 22.5 Å². The zero-order valence-electron chi connectivity index (χ0n) is 15.8. The highest BCUT2D eigenvalue weighted by molar-refractivity contribution is 5.92. The van der Waals surface area contributed by atoms with Gasteiger partial charge in [-0.15, -0.1) is 24.8 Å². The fraction of sp³-hybridized carbons (Fsp3) is 0.400. The Morgan fingerprint density at radius 3 is 2.70 bits per heavy atom. The Balaban J connectivity index is 0.00000182. The van der Waals surface area contributed by atoms with E-state index in [-0.39, 0.29) is 36.6 Å². The summed E-state index contributed by atoms with van der Waals surface area (Å²) in [6.45, 7) is 6.98. The maximum absolute atomic E-state index is 12.5. The number of aromatic nitrogens is 1. The molecule has 27 heavy (non-hydrogen) atoms. The summed E-state index contributed by atoms with van der Waals surface area (Å²) < 4.78 is 5.90. The third-order valence-electron chi connectivity index (χ3n) is 4.56. The number of piperidine rings is 1. The number of carbonyl (C=O) groups is 1. The van der Waals surface area contributed by atoms with Crippen LogP contribution < -0.4 is 15.4 Å². The highest BCUT2D eigenvalue weighted by Gasteiger charge is 2.24. The van der Waals surface area contributed by atoms with Crippen LogP contribution >= 0.6 is 24.8 Å². The second-order valence-corrected chi connectivity index (χ2v) is 6.82. The first-order valence-corrected chi connectivity index (χ1v) is 8.76. The Morgan fingerprint density at radius 2 is 2.00 bits per heavy atom. The van der Waals surface area contributed by atoms with Gasteiger partial charge in [0.25, 0.3) is 0 Å². The van der Waals surface area contributed by atoms with Gasteiger partial charge < -0.3 is 15.4 Å². The van der Waals surface area contributed by atoms with E-state index in [9.17, 15) is 4.79 Å². The van der Waals surface area contributed by atoms with E-state index in [0.717, 1.165) is 36.2 Å². The number of aryl methyl sites for hydroxylation is 2. The average Bonchev–Trinajstić information content (AvgIpc) is 2.58. The fourth-order valence-electron chi connectivity index (χ4n) is 3.08. The standard InChI is InChI=1S/C20H25N3O2.2ClH/c1-13-6-8-22-19(10-13)25-18-12-17(5-4-14(18)2)23-20(24)16-7-9-21-15(3)11-16;;/h4-6,8,10,12,15-16,21H,7,9,11H2,1-3H3,(H,23,24);2*1H/t15-,16-;;/m0../s1. The summed E-state index contributed by atoms with van der Waals surface area (Å²) >= 11 is 0. The molecule has 148 valence electrons. The minimum absolute atomic E-state index is 0. The maximum atomic E-state index is 12.5. The van der Waals surface area contributed by atoms with E-state index in [0.29, 0.717) is 17.7 Å². The summed E-state index contributed by atoms with van der Waals surface area (Å²) in [5, 5.41) is 6.40. The molecule has 1 aromatic carbocycles. The number of anilines is 1. The number of hydrogen-bond donors (Lipinski definition) is 2. The SMILES string of the molecule is Cc1ccnc(Oc2cc(NC(=O)[C@H]3CCN[C@@H](C)C3)ccc2C)c1.Cl.Cl. The predicted octanol–water partition coefficient (Wildman–Crippen LogP) is 4.66. The van der Waals surface area contributed by atoms with Crippen LogP contribution in [0.1, 0.15) is 30.9 Å². The van der Waals surface area contributed by atoms with E-state index in [1.54, 1.807) is 6.20 Å². The topological polar surface area (TPSA) is 63.2 Å². The summed E-state index contributed by atoms with van der Waals surface area (Å²) in [6.07, 6.45) is 3.47. The van der Waals surface area contributed by atoms with Crippen LogP contribution in [0.4, 0.5) is 5.69 Å². The molecule has 1 aliphatic heterocycles. The monoisotopic (exact) mass is 411 g/mol. The lowest BCUT2D eigenvalue weighted by atomic mass is 9.92. The van der Waals surface area contributed by atoms with Gasteiger partial charge in [-0.1, -0.05) is 6.07 Å². The molecule has 2 N–H and O–H groups in total. The number of halogens is 2. The summed E-state index contributed by atoms with van der Waals surface area (Å²) in [6, 6.07) is 9.92. The highest BCUT2D eigenvalue weighted by atomic mass is 35.5. The normalized spacial score (nSPS) is 18.6. The molecule has 2 atom stereocenters. The Labute approximate surface area is 173 Å². The number of ether oxygens (including phenoxy) is 1. The van der Waals surface area contributed by atoms with Gasteiger partial charge in [0.05, 0.1) is 0 Å². The smallest absolute Gasteiger partial charge is 0.227 e. The highest BCUT2D eigenvalue weighted by Crippen LogP contribution is 2.28. The zero-order chi connectivity index (χ0) is 17.8. The molecule has 3 rings (SSSR count). The molecule has 0 saturated carbocycles. The van der Waals surface area contributed by atoms with Gasteiger partial charge >= 0.3 is 0 Å². The molecule has 1 aliphatic rings. The van der Waals surface area contributed by atoms with Crippen LogP contribution in [-0.4, -0.2) is 23.5 Å². The zero-order valence-corrected chi connectivity index (χ0v) is 17.5. The van der Waals surface area contributed by atoms with E-state index in [4.69, 9.17) is 4.74 Å². The van der Waals surface area contributed by atoms with Crippen LogP contribution in [0.2, 0.25) is 0 Å². The van der Waals surface area contributed by atoms with Gasteiger partial charge in [-0.2, -0.15) is 0 Å². The second-order valence-electron chi connectivity index (χ2n) is 6.82. The van der Waals surface area contributed by atoms with E-state index in [1.165, 1.54) is 0 Å². The number of benzene rings is 1. The van der Waals surface area contributed by atoms with Crippen LogP contribution in [-0.2, 0) is 4.79 Å². The van der Waals surface area contributed by atoms with Crippen LogP contribution in [0.25, 0.3) is 0 Å². The van der Waals surface area contributed by atoms with Crippen molar-refractivity contribution in [2.24, 2.45) is 5.92 Å². The molecule has 7 heteroatoms. The lowest BCUT2D eigenvalue weighted by Crippen LogP contribution is -2.40.